The molecule has 0 aromatic heterocycles. The molecule has 6 nitrogen and oxygen atoms in total. The SMILES string of the molecule is O=C(O)COc1ccc(Cl)cc1[C@@H]1c2ccccc2CCN1C(=O)OCc1ccccc1Cl. The van der Waals surface area contributed by atoms with E-state index >= 15 is 0 Å². The number of hydrogen-bond acceptors (Lipinski definition) is 4. The number of rotatable bonds is 6. The fraction of sp³-hybridized carbons (Fsp3) is 0.200. The first-order valence-electron chi connectivity index (χ1n) is 10.3. The molecule has 170 valence electrons. The zero-order valence-corrected chi connectivity index (χ0v) is 19.1. The van der Waals surface area contributed by atoms with Crippen molar-refractivity contribution in [2.24, 2.45) is 0 Å². The van der Waals surface area contributed by atoms with Gasteiger partial charge in [0.05, 0.1) is 6.04 Å². The summed E-state index contributed by atoms with van der Waals surface area (Å²) in [6.45, 7) is -0.0742. The van der Waals surface area contributed by atoms with Crippen LogP contribution in [0.4, 0.5) is 4.79 Å². The number of carbonyl (C=O) groups excluding carboxylic acids is 1. The minimum Gasteiger partial charge on any atom is -0.482 e. The van der Waals surface area contributed by atoms with E-state index in [0.717, 1.165) is 11.1 Å². The van der Waals surface area contributed by atoms with E-state index in [1.807, 2.05) is 36.4 Å². The minimum absolute atomic E-state index is 0.0291. The summed E-state index contributed by atoms with van der Waals surface area (Å²) in [5, 5.41) is 10.0. The maximum Gasteiger partial charge on any atom is 0.410 e. The fourth-order valence-corrected chi connectivity index (χ4v) is 4.31. The first-order chi connectivity index (χ1) is 15.9. The largest absolute Gasteiger partial charge is 0.482 e. The molecule has 0 radical (unpaired) electrons. The van der Waals surface area contributed by atoms with Crippen LogP contribution in [0.5, 0.6) is 5.75 Å². The van der Waals surface area contributed by atoms with Gasteiger partial charge in [0.15, 0.2) is 6.61 Å². The highest BCUT2D eigenvalue weighted by atomic mass is 35.5. The monoisotopic (exact) mass is 485 g/mol. The van der Waals surface area contributed by atoms with Crippen molar-refractivity contribution in [3.05, 3.63) is 99.0 Å². The molecule has 1 aliphatic heterocycles. The Morgan fingerprint density at radius 3 is 2.55 bits per heavy atom. The molecule has 1 atom stereocenters. The van der Waals surface area contributed by atoms with Crippen LogP contribution in [0.15, 0.2) is 66.7 Å². The van der Waals surface area contributed by atoms with E-state index in [0.29, 0.717) is 39.9 Å². The Hall–Kier alpha value is -3.22. The van der Waals surface area contributed by atoms with Crippen LogP contribution >= 0.6 is 23.2 Å². The number of hydrogen-bond donors (Lipinski definition) is 1. The van der Waals surface area contributed by atoms with Crippen molar-refractivity contribution in [3.8, 4) is 5.75 Å². The average Bonchev–Trinajstić information content (AvgIpc) is 2.81. The second kappa shape index (κ2) is 10.1. The number of carboxylic acids is 1. The molecule has 0 saturated heterocycles. The topological polar surface area (TPSA) is 76.1 Å². The molecule has 0 spiro atoms. The molecule has 8 heteroatoms. The van der Waals surface area contributed by atoms with Crippen molar-refractivity contribution in [2.45, 2.75) is 19.1 Å². The van der Waals surface area contributed by atoms with Crippen LogP contribution in [0.1, 0.15) is 28.3 Å². The second-order valence-corrected chi connectivity index (χ2v) is 8.40. The predicted molar refractivity (Wildman–Crippen MR) is 125 cm³/mol. The standard InChI is InChI=1S/C25H21Cl2NO5/c26-18-9-10-22(32-15-23(29)30)20(13-18)24-19-7-3-1-5-16(19)11-12-28(24)25(31)33-14-17-6-2-4-8-21(17)27/h1-10,13,24H,11-12,14-15H2,(H,29,30)/t24-/m0/s1. The molecule has 1 heterocycles. The third kappa shape index (κ3) is 5.24. The lowest BCUT2D eigenvalue weighted by Gasteiger charge is -2.37. The average molecular weight is 486 g/mol. The quantitative estimate of drug-likeness (QED) is 0.481. The molecule has 4 rings (SSSR count). The number of fused-ring (bicyclic) bond motifs is 1. The maximum atomic E-state index is 13.2. The summed E-state index contributed by atoms with van der Waals surface area (Å²) in [5.74, 6) is -0.761. The van der Waals surface area contributed by atoms with E-state index in [9.17, 15) is 9.59 Å². The van der Waals surface area contributed by atoms with Crippen LogP contribution in [-0.2, 0) is 22.6 Å². The molecule has 0 bridgehead atoms. The van der Waals surface area contributed by atoms with Crippen LogP contribution in [0.2, 0.25) is 10.0 Å². The molecule has 33 heavy (non-hydrogen) atoms. The van der Waals surface area contributed by atoms with E-state index in [2.05, 4.69) is 0 Å². The Morgan fingerprint density at radius 2 is 1.76 bits per heavy atom. The normalized spacial score (nSPS) is 15.0. The van der Waals surface area contributed by atoms with Crippen molar-refractivity contribution >= 4 is 35.3 Å². The van der Waals surface area contributed by atoms with E-state index in [1.54, 1.807) is 35.2 Å². The zero-order valence-electron chi connectivity index (χ0n) is 17.5. The van der Waals surface area contributed by atoms with Gasteiger partial charge < -0.3 is 14.6 Å². The molecule has 0 fully saturated rings. The number of halogens is 2. The summed E-state index contributed by atoms with van der Waals surface area (Å²) in [6.07, 6.45) is 0.137. The van der Waals surface area contributed by atoms with Gasteiger partial charge in [0.1, 0.15) is 12.4 Å². The highest BCUT2D eigenvalue weighted by molar-refractivity contribution is 6.31. The van der Waals surface area contributed by atoms with Crippen molar-refractivity contribution in [3.63, 3.8) is 0 Å². The molecule has 0 saturated carbocycles. The number of amides is 1. The molecule has 0 unspecified atom stereocenters. The maximum absolute atomic E-state index is 13.2. The summed E-state index contributed by atoms with van der Waals surface area (Å²) >= 11 is 12.5. The Morgan fingerprint density at radius 1 is 1.00 bits per heavy atom. The van der Waals surface area contributed by atoms with Crippen LogP contribution in [-0.4, -0.2) is 35.2 Å². The minimum atomic E-state index is -1.10. The van der Waals surface area contributed by atoms with Gasteiger partial charge in [-0.25, -0.2) is 9.59 Å². The van der Waals surface area contributed by atoms with E-state index in [-0.39, 0.29) is 6.61 Å². The second-order valence-electron chi connectivity index (χ2n) is 7.56. The Kier molecular flexibility index (Phi) is 7.06. The number of nitrogens with zero attached hydrogens (tertiary/aromatic N) is 1. The van der Waals surface area contributed by atoms with E-state index < -0.39 is 24.7 Å². The molecular formula is C25H21Cl2NO5. The summed E-state index contributed by atoms with van der Waals surface area (Å²) in [5.41, 5.74) is 3.28. The molecule has 1 amide bonds. The third-order valence-electron chi connectivity index (χ3n) is 5.44. The number of ether oxygens (including phenoxy) is 2. The van der Waals surface area contributed by atoms with Crippen molar-refractivity contribution in [2.75, 3.05) is 13.2 Å². The van der Waals surface area contributed by atoms with Gasteiger partial charge in [-0.3, -0.25) is 4.90 Å². The van der Waals surface area contributed by atoms with Crippen LogP contribution in [0.25, 0.3) is 0 Å². The number of carboxylic acid groups (broad SMARTS) is 1. The molecule has 0 aliphatic carbocycles. The van der Waals surface area contributed by atoms with Crippen LogP contribution < -0.4 is 4.74 Å². The summed E-state index contributed by atoms with van der Waals surface area (Å²) in [6, 6.07) is 19.3. The van der Waals surface area contributed by atoms with E-state index in [4.69, 9.17) is 37.8 Å². The van der Waals surface area contributed by atoms with Gasteiger partial charge in [-0.2, -0.15) is 0 Å². The highest BCUT2D eigenvalue weighted by Crippen LogP contribution is 2.40. The first kappa shape index (κ1) is 23.0. The Bertz CT molecular complexity index is 1180. The number of aliphatic carboxylic acids is 1. The molecule has 1 aliphatic rings. The Balaban J connectivity index is 1.69. The fourth-order valence-electron chi connectivity index (χ4n) is 3.94. The van der Waals surface area contributed by atoms with Crippen LogP contribution in [0.3, 0.4) is 0 Å². The lowest BCUT2D eigenvalue weighted by molar-refractivity contribution is -0.139. The Labute approximate surface area is 201 Å². The number of carbonyl (C=O) groups is 2. The van der Waals surface area contributed by atoms with Crippen molar-refractivity contribution in [1.82, 2.24) is 4.90 Å². The zero-order chi connectivity index (χ0) is 23.4. The molecule has 3 aromatic rings. The third-order valence-corrected chi connectivity index (χ3v) is 6.05. The summed E-state index contributed by atoms with van der Waals surface area (Å²) < 4.78 is 11.2. The van der Waals surface area contributed by atoms with E-state index in [1.165, 1.54) is 0 Å². The lowest BCUT2D eigenvalue weighted by atomic mass is 9.88. The van der Waals surface area contributed by atoms with Crippen molar-refractivity contribution < 1.29 is 24.2 Å². The van der Waals surface area contributed by atoms with Gasteiger partial charge >= 0.3 is 12.1 Å². The van der Waals surface area contributed by atoms with Gasteiger partial charge in [0, 0.05) is 27.7 Å². The summed E-state index contributed by atoms with van der Waals surface area (Å²) in [4.78, 5) is 25.9. The van der Waals surface area contributed by atoms with Gasteiger partial charge in [-0.05, 0) is 41.8 Å². The molecule has 3 aromatic carbocycles. The van der Waals surface area contributed by atoms with Crippen LogP contribution in [0, 0.1) is 0 Å². The predicted octanol–water partition coefficient (Wildman–Crippen LogP) is 5.74. The first-order valence-corrected chi connectivity index (χ1v) is 11.1. The molecule has 1 N–H and O–H groups in total. The number of benzene rings is 3. The lowest BCUT2D eigenvalue weighted by Crippen LogP contribution is -2.41. The van der Waals surface area contributed by atoms with Gasteiger partial charge in [0.2, 0.25) is 0 Å². The van der Waals surface area contributed by atoms with Gasteiger partial charge in [-0.1, -0.05) is 65.7 Å². The highest BCUT2D eigenvalue weighted by Gasteiger charge is 2.35. The van der Waals surface area contributed by atoms with Crippen molar-refractivity contribution in [1.29, 1.82) is 0 Å². The van der Waals surface area contributed by atoms with Gasteiger partial charge in [0.25, 0.3) is 0 Å². The summed E-state index contributed by atoms with van der Waals surface area (Å²) in [7, 11) is 0. The van der Waals surface area contributed by atoms with Gasteiger partial charge in [-0.15, -0.1) is 0 Å². The molecular weight excluding hydrogens is 465 g/mol. The smallest absolute Gasteiger partial charge is 0.410 e.